The minimum atomic E-state index is -4.23. The minimum absolute atomic E-state index is 0.00668. The Morgan fingerprint density at radius 2 is 1.38 bits per heavy atom. The van der Waals surface area contributed by atoms with Crippen molar-refractivity contribution in [2.45, 2.75) is 0 Å². The number of nitro benzene ring substituents is 2. The number of nitro groups is 2. The smallest absolute Gasteiger partial charge is 0.311 e. The molecule has 0 spiro atoms. The summed E-state index contributed by atoms with van der Waals surface area (Å²) < 4.78 is 35.7. The Bertz CT molecular complexity index is 1220. The number of amides is 1. The van der Waals surface area contributed by atoms with Gasteiger partial charge in [0.05, 0.1) is 29.5 Å². The van der Waals surface area contributed by atoms with Crippen LogP contribution in [0.15, 0.2) is 47.9 Å². The van der Waals surface area contributed by atoms with Crippen LogP contribution in [0.25, 0.3) is 12.2 Å². The molecule has 2 rings (SSSR count). The van der Waals surface area contributed by atoms with Crippen molar-refractivity contribution in [1.29, 1.82) is 0 Å². The molecule has 13 heteroatoms. The molecule has 32 heavy (non-hydrogen) atoms. The summed E-state index contributed by atoms with van der Waals surface area (Å²) in [6, 6.07) is 7.76. The Kier molecular flexibility index (Phi) is 7.63. The first-order valence-electron chi connectivity index (χ1n) is 8.64. The Morgan fingerprint density at radius 1 is 0.906 bits per heavy atom. The van der Waals surface area contributed by atoms with Gasteiger partial charge in [0.25, 0.3) is 15.9 Å². The number of nitrogens with zero attached hydrogens (tertiary/aromatic N) is 2. The molecule has 0 aliphatic rings. The van der Waals surface area contributed by atoms with Crippen LogP contribution in [0.5, 0.6) is 11.5 Å². The molecule has 0 aliphatic carbocycles. The molecule has 0 heterocycles. The number of ether oxygens (including phenoxy) is 2. The summed E-state index contributed by atoms with van der Waals surface area (Å²) >= 11 is 0. The first-order valence-corrected chi connectivity index (χ1v) is 10.2. The number of methoxy groups -OCH3 is 2. The Hall–Kier alpha value is -4.26. The van der Waals surface area contributed by atoms with Crippen molar-refractivity contribution in [3.63, 3.8) is 0 Å². The lowest BCUT2D eigenvalue weighted by Gasteiger charge is -2.03. The molecule has 0 bridgehead atoms. The average Bonchev–Trinajstić information content (AvgIpc) is 2.75. The van der Waals surface area contributed by atoms with Gasteiger partial charge in [0.15, 0.2) is 11.5 Å². The van der Waals surface area contributed by atoms with Crippen LogP contribution in [-0.2, 0) is 14.8 Å². The minimum Gasteiger partial charge on any atom is -0.490 e. The standard InChI is InChI=1S/C19H17N3O9S/c1-30-17-6-3-13(11-15(17)21(24)25)5-8-19(23)20-32(28,29)10-9-14-4-7-18(31-2)16(12-14)22(26)27/h3-12H,1-2H3,(H,20,23). The van der Waals surface area contributed by atoms with Gasteiger partial charge in [-0.1, -0.05) is 12.1 Å². The normalized spacial score (nSPS) is 11.4. The average molecular weight is 463 g/mol. The van der Waals surface area contributed by atoms with Gasteiger partial charge >= 0.3 is 11.4 Å². The van der Waals surface area contributed by atoms with E-state index in [0.717, 1.165) is 24.3 Å². The number of nitrogens with one attached hydrogen (secondary N) is 1. The van der Waals surface area contributed by atoms with E-state index in [-0.39, 0.29) is 34.0 Å². The lowest BCUT2D eigenvalue weighted by atomic mass is 10.1. The second-order valence-corrected chi connectivity index (χ2v) is 7.59. The van der Waals surface area contributed by atoms with Crippen LogP contribution < -0.4 is 14.2 Å². The van der Waals surface area contributed by atoms with E-state index < -0.39 is 25.8 Å². The Labute approximate surface area is 182 Å². The molecule has 2 aromatic rings. The van der Waals surface area contributed by atoms with Crippen LogP contribution >= 0.6 is 0 Å². The summed E-state index contributed by atoms with van der Waals surface area (Å²) in [6.07, 6.45) is 3.14. The highest BCUT2D eigenvalue weighted by atomic mass is 32.2. The maximum atomic E-state index is 12.1. The van der Waals surface area contributed by atoms with Crippen molar-refractivity contribution in [2.24, 2.45) is 0 Å². The fourth-order valence-electron chi connectivity index (χ4n) is 2.46. The lowest BCUT2D eigenvalue weighted by molar-refractivity contribution is -0.385. The monoisotopic (exact) mass is 463 g/mol. The summed E-state index contributed by atoms with van der Waals surface area (Å²) in [7, 11) is -1.69. The number of sulfonamides is 1. The van der Waals surface area contributed by atoms with E-state index in [1.54, 1.807) is 4.72 Å². The van der Waals surface area contributed by atoms with Crippen LogP contribution in [0.1, 0.15) is 11.1 Å². The molecule has 0 fully saturated rings. The molecular formula is C19H17N3O9S. The third-order valence-electron chi connectivity index (χ3n) is 3.91. The fraction of sp³-hybridized carbons (Fsp3) is 0.105. The van der Waals surface area contributed by atoms with E-state index in [2.05, 4.69) is 0 Å². The maximum absolute atomic E-state index is 12.1. The topological polar surface area (TPSA) is 168 Å². The van der Waals surface area contributed by atoms with Gasteiger partial charge in [-0.05, 0) is 35.4 Å². The molecule has 0 aromatic heterocycles. The lowest BCUT2D eigenvalue weighted by Crippen LogP contribution is -2.26. The highest BCUT2D eigenvalue weighted by molar-refractivity contribution is 7.93. The van der Waals surface area contributed by atoms with E-state index >= 15 is 0 Å². The summed E-state index contributed by atoms with van der Waals surface area (Å²) in [5.74, 6) is -0.968. The zero-order valence-electron chi connectivity index (χ0n) is 16.8. The molecule has 0 atom stereocenters. The molecular weight excluding hydrogens is 446 g/mol. The third-order valence-corrected chi connectivity index (χ3v) is 4.89. The molecule has 168 valence electrons. The van der Waals surface area contributed by atoms with Gasteiger partial charge in [-0.25, -0.2) is 13.1 Å². The van der Waals surface area contributed by atoms with Crippen molar-refractivity contribution < 1.29 is 32.5 Å². The number of hydrogen-bond donors (Lipinski definition) is 1. The summed E-state index contributed by atoms with van der Waals surface area (Å²) in [5.41, 5.74) is -0.214. The molecule has 1 amide bonds. The largest absolute Gasteiger partial charge is 0.490 e. The van der Waals surface area contributed by atoms with E-state index in [0.29, 0.717) is 5.41 Å². The molecule has 0 saturated heterocycles. The molecule has 0 aliphatic heterocycles. The molecule has 12 nitrogen and oxygen atoms in total. The van der Waals surface area contributed by atoms with Crippen LogP contribution in [-0.4, -0.2) is 38.4 Å². The number of rotatable bonds is 9. The number of benzene rings is 2. The van der Waals surface area contributed by atoms with Crippen LogP contribution in [0.3, 0.4) is 0 Å². The van der Waals surface area contributed by atoms with Crippen LogP contribution in [0.2, 0.25) is 0 Å². The molecule has 0 radical (unpaired) electrons. The van der Waals surface area contributed by atoms with Gasteiger partial charge in [0, 0.05) is 18.2 Å². The predicted molar refractivity (Wildman–Crippen MR) is 114 cm³/mol. The maximum Gasteiger partial charge on any atom is 0.311 e. The highest BCUT2D eigenvalue weighted by Crippen LogP contribution is 2.29. The summed E-state index contributed by atoms with van der Waals surface area (Å²) in [4.78, 5) is 32.7. The molecule has 0 unspecified atom stereocenters. The van der Waals surface area contributed by atoms with Crippen molar-refractivity contribution in [2.75, 3.05) is 14.2 Å². The number of hydrogen-bond acceptors (Lipinski definition) is 9. The van der Waals surface area contributed by atoms with Gasteiger partial charge in [-0.2, -0.15) is 0 Å². The van der Waals surface area contributed by atoms with E-state index in [1.165, 1.54) is 44.6 Å². The first kappa shape index (κ1) is 24.0. The number of carbonyl (C=O) groups excluding carboxylic acids is 1. The van der Waals surface area contributed by atoms with Crippen molar-refractivity contribution in [1.82, 2.24) is 4.72 Å². The van der Waals surface area contributed by atoms with Crippen LogP contribution in [0, 0.1) is 20.2 Å². The zero-order chi connectivity index (χ0) is 23.9. The van der Waals surface area contributed by atoms with Crippen molar-refractivity contribution in [3.8, 4) is 11.5 Å². The molecule has 1 N–H and O–H groups in total. The Morgan fingerprint density at radius 3 is 1.81 bits per heavy atom. The van der Waals surface area contributed by atoms with Crippen LogP contribution in [0.4, 0.5) is 11.4 Å². The van der Waals surface area contributed by atoms with E-state index in [9.17, 15) is 33.4 Å². The number of carbonyl (C=O) groups is 1. The van der Waals surface area contributed by atoms with Gasteiger partial charge in [0.2, 0.25) is 0 Å². The predicted octanol–water partition coefficient (Wildman–Crippen LogP) is 2.65. The summed E-state index contributed by atoms with van der Waals surface area (Å²) in [6.45, 7) is 0. The van der Waals surface area contributed by atoms with Gasteiger partial charge in [-0.15, -0.1) is 0 Å². The van der Waals surface area contributed by atoms with Crippen molar-refractivity contribution >= 4 is 39.5 Å². The first-order chi connectivity index (χ1) is 15.1. The summed E-state index contributed by atoms with van der Waals surface area (Å²) in [5, 5.41) is 22.7. The second-order valence-electron chi connectivity index (χ2n) is 6.02. The van der Waals surface area contributed by atoms with E-state index in [1.807, 2.05) is 0 Å². The zero-order valence-corrected chi connectivity index (χ0v) is 17.6. The molecule has 0 saturated carbocycles. The van der Waals surface area contributed by atoms with Gasteiger partial charge < -0.3 is 9.47 Å². The SMILES string of the molecule is COc1ccc(C=CC(=O)NS(=O)(=O)C=Cc2ccc(OC)c([N+](=O)[O-])c2)cc1[N+](=O)[O-]. The van der Waals surface area contributed by atoms with Gasteiger partial charge in [0.1, 0.15) is 0 Å². The van der Waals surface area contributed by atoms with E-state index in [4.69, 9.17) is 9.47 Å². The van der Waals surface area contributed by atoms with Crippen molar-refractivity contribution in [3.05, 3.63) is 79.2 Å². The highest BCUT2D eigenvalue weighted by Gasteiger charge is 2.16. The Balaban J connectivity index is 2.13. The second kappa shape index (κ2) is 10.2. The fourth-order valence-corrected chi connectivity index (χ4v) is 3.21. The quantitative estimate of drug-likeness (QED) is 0.334. The van der Waals surface area contributed by atoms with Gasteiger partial charge in [-0.3, -0.25) is 25.0 Å². The molecule has 2 aromatic carbocycles. The third kappa shape index (κ3) is 6.37.